The van der Waals surface area contributed by atoms with Crippen LogP contribution in [0.25, 0.3) is 10.4 Å². The molecule has 1 amide bonds. The van der Waals surface area contributed by atoms with Gasteiger partial charge < -0.3 is 19.5 Å². The number of benzene rings is 1. The van der Waals surface area contributed by atoms with E-state index in [-0.39, 0.29) is 19.4 Å². The van der Waals surface area contributed by atoms with Crippen molar-refractivity contribution in [3.63, 3.8) is 0 Å². The van der Waals surface area contributed by atoms with Crippen LogP contribution in [-0.4, -0.2) is 49.7 Å². The molecule has 2 rings (SSSR count). The minimum absolute atomic E-state index is 0.203. The monoisotopic (exact) mass is 422 g/mol. The Bertz CT molecular complexity index is 720. The normalized spacial score (nSPS) is 16.9. The number of carbonyl (C=O) groups excluding carboxylic acids is 2. The Hall–Kier alpha value is -2.42. The number of carbonyl (C=O) groups is 2. The number of amides is 1. The van der Waals surface area contributed by atoms with Crippen LogP contribution in [0.1, 0.15) is 31.7 Å². The second kappa shape index (κ2) is 12.9. The zero-order valence-electron chi connectivity index (χ0n) is 16.4. The van der Waals surface area contributed by atoms with Crippen LogP contribution in [0.2, 0.25) is 0 Å². The first kappa shape index (κ1) is 22.9. The number of azide groups is 1. The quantitative estimate of drug-likeness (QED) is 0.253. The highest BCUT2D eigenvalue weighted by molar-refractivity contribution is 7.98. The fraction of sp³-hybridized carbons (Fsp3) is 0.579. The summed E-state index contributed by atoms with van der Waals surface area (Å²) in [5.41, 5.74) is 9.33. The van der Waals surface area contributed by atoms with Crippen molar-refractivity contribution in [3.8, 4) is 5.75 Å². The molecule has 2 atom stereocenters. The minimum Gasteiger partial charge on any atom is -0.465 e. The van der Waals surface area contributed by atoms with E-state index >= 15 is 0 Å². The van der Waals surface area contributed by atoms with Crippen LogP contribution in [0.5, 0.6) is 5.75 Å². The fourth-order valence-electron chi connectivity index (χ4n) is 2.71. The summed E-state index contributed by atoms with van der Waals surface area (Å²) in [7, 11) is 0. The van der Waals surface area contributed by atoms with Gasteiger partial charge in [-0.15, -0.1) is 0 Å². The third-order valence-corrected chi connectivity index (χ3v) is 5.15. The number of hydrogen-bond acceptors (Lipinski definition) is 7. The summed E-state index contributed by atoms with van der Waals surface area (Å²) in [5, 5.41) is 5.75. The van der Waals surface area contributed by atoms with Gasteiger partial charge in [-0.05, 0) is 43.0 Å². The number of esters is 1. The molecule has 1 aliphatic heterocycles. The molecule has 0 spiro atoms. The van der Waals surface area contributed by atoms with Crippen molar-refractivity contribution in [2.75, 3.05) is 25.5 Å². The van der Waals surface area contributed by atoms with Gasteiger partial charge in [0.1, 0.15) is 18.3 Å². The van der Waals surface area contributed by atoms with E-state index in [1.807, 2.05) is 24.3 Å². The highest BCUT2D eigenvalue weighted by Gasteiger charge is 2.22. The van der Waals surface area contributed by atoms with Gasteiger partial charge in [0.2, 0.25) is 5.91 Å². The SMILES string of the molecule is CCOC(=O)[C@@H](CSCc1cccc(O[C@H]2CCCCO2)c1)NC(=O)CN=[N+]=[N-]. The zero-order chi connectivity index (χ0) is 20.9. The fourth-order valence-corrected chi connectivity index (χ4v) is 3.69. The number of thioether (sulfide) groups is 1. The van der Waals surface area contributed by atoms with Crippen LogP contribution in [0.4, 0.5) is 0 Å². The molecule has 1 aromatic rings. The molecule has 1 fully saturated rings. The maximum Gasteiger partial charge on any atom is 0.329 e. The third kappa shape index (κ3) is 8.64. The van der Waals surface area contributed by atoms with Crippen molar-refractivity contribution in [1.82, 2.24) is 5.32 Å². The van der Waals surface area contributed by atoms with Crippen LogP contribution in [-0.2, 0) is 24.8 Å². The predicted molar refractivity (Wildman–Crippen MR) is 109 cm³/mol. The van der Waals surface area contributed by atoms with Crippen LogP contribution in [0.15, 0.2) is 29.4 Å². The standard InChI is InChI=1S/C19H26N4O5S/c1-2-26-19(25)16(22-17(24)11-21-23-20)13-29-12-14-6-5-7-15(10-14)28-18-8-3-4-9-27-18/h5-7,10,16,18H,2-4,8-9,11-13H2,1H3,(H,22,24)/t16-,18+/m1/s1. The van der Waals surface area contributed by atoms with Crippen molar-refractivity contribution >= 4 is 23.6 Å². The number of rotatable bonds is 11. The lowest BCUT2D eigenvalue weighted by molar-refractivity contribution is -0.146. The van der Waals surface area contributed by atoms with E-state index in [0.29, 0.717) is 11.5 Å². The van der Waals surface area contributed by atoms with Gasteiger partial charge >= 0.3 is 5.97 Å². The lowest BCUT2D eigenvalue weighted by atomic mass is 10.2. The van der Waals surface area contributed by atoms with Gasteiger partial charge in [0, 0.05) is 22.8 Å². The summed E-state index contributed by atoms with van der Waals surface area (Å²) < 4.78 is 16.5. The summed E-state index contributed by atoms with van der Waals surface area (Å²) in [6.07, 6.45) is 2.85. The summed E-state index contributed by atoms with van der Waals surface area (Å²) in [4.78, 5) is 26.4. The first-order chi connectivity index (χ1) is 14.1. The lowest BCUT2D eigenvalue weighted by Crippen LogP contribution is -2.44. The molecule has 1 saturated heterocycles. The third-order valence-electron chi connectivity index (χ3n) is 4.04. The van der Waals surface area contributed by atoms with E-state index in [1.54, 1.807) is 6.92 Å². The second-order valence-electron chi connectivity index (χ2n) is 6.34. The van der Waals surface area contributed by atoms with E-state index in [4.69, 9.17) is 19.7 Å². The van der Waals surface area contributed by atoms with E-state index in [9.17, 15) is 9.59 Å². The molecule has 0 aliphatic carbocycles. The van der Waals surface area contributed by atoms with E-state index < -0.39 is 17.9 Å². The van der Waals surface area contributed by atoms with Gasteiger partial charge in [0.05, 0.1) is 13.2 Å². The Labute approximate surface area is 174 Å². The summed E-state index contributed by atoms with van der Waals surface area (Å²) in [6, 6.07) is 6.92. The molecule has 29 heavy (non-hydrogen) atoms. The molecule has 0 radical (unpaired) electrons. The van der Waals surface area contributed by atoms with Crippen molar-refractivity contribution in [2.45, 2.75) is 44.3 Å². The van der Waals surface area contributed by atoms with Gasteiger partial charge in [-0.25, -0.2) is 4.79 Å². The van der Waals surface area contributed by atoms with Crippen molar-refractivity contribution in [2.24, 2.45) is 5.11 Å². The number of hydrogen-bond donors (Lipinski definition) is 1. The highest BCUT2D eigenvalue weighted by Crippen LogP contribution is 2.22. The van der Waals surface area contributed by atoms with Gasteiger partial charge in [0.15, 0.2) is 6.29 Å². The zero-order valence-corrected chi connectivity index (χ0v) is 17.2. The molecule has 1 aromatic carbocycles. The van der Waals surface area contributed by atoms with Crippen LogP contribution >= 0.6 is 11.8 Å². The maximum atomic E-state index is 12.1. The smallest absolute Gasteiger partial charge is 0.329 e. The summed E-state index contributed by atoms with van der Waals surface area (Å²) in [6.45, 7) is 2.28. The number of nitrogens with zero attached hydrogens (tertiary/aromatic N) is 3. The largest absolute Gasteiger partial charge is 0.465 e. The Morgan fingerprint density at radius 2 is 2.31 bits per heavy atom. The van der Waals surface area contributed by atoms with Crippen LogP contribution in [0, 0.1) is 0 Å². The van der Waals surface area contributed by atoms with Crippen LogP contribution in [0.3, 0.4) is 0 Å². The molecule has 1 N–H and O–H groups in total. The van der Waals surface area contributed by atoms with Crippen LogP contribution < -0.4 is 10.1 Å². The Balaban J connectivity index is 1.86. The Kier molecular flexibility index (Phi) is 10.2. The molecule has 158 valence electrons. The van der Waals surface area contributed by atoms with E-state index in [1.165, 1.54) is 11.8 Å². The van der Waals surface area contributed by atoms with Gasteiger partial charge in [-0.3, -0.25) is 4.79 Å². The van der Waals surface area contributed by atoms with Gasteiger partial charge in [-0.2, -0.15) is 11.8 Å². The molecule has 0 unspecified atom stereocenters. The van der Waals surface area contributed by atoms with Crippen molar-refractivity contribution < 1.29 is 23.8 Å². The van der Waals surface area contributed by atoms with Crippen molar-refractivity contribution in [1.29, 1.82) is 0 Å². The van der Waals surface area contributed by atoms with Gasteiger partial charge in [0.25, 0.3) is 0 Å². The van der Waals surface area contributed by atoms with E-state index in [0.717, 1.165) is 37.2 Å². The first-order valence-electron chi connectivity index (χ1n) is 9.54. The van der Waals surface area contributed by atoms with Crippen molar-refractivity contribution in [3.05, 3.63) is 40.3 Å². The topological polar surface area (TPSA) is 123 Å². The minimum atomic E-state index is -0.809. The summed E-state index contributed by atoms with van der Waals surface area (Å²) in [5.74, 6) is 0.674. The molecule has 1 aliphatic rings. The highest BCUT2D eigenvalue weighted by atomic mass is 32.2. The second-order valence-corrected chi connectivity index (χ2v) is 7.37. The predicted octanol–water partition coefficient (Wildman–Crippen LogP) is 3.18. The molecular weight excluding hydrogens is 396 g/mol. The summed E-state index contributed by atoms with van der Waals surface area (Å²) >= 11 is 1.48. The first-order valence-corrected chi connectivity index (χ1v) is 10.7. The number of ether oxygens (including phenoxy) is 3. The molecule has 0 aromatic heterocycles. The average molecular weight is 423 g/mol. The molecule has 0 saturated carbocycles. The molecule has 10 heteroatoms. The lowest BCUT2D eigenvalue weighted by Gasteiger charge is -2.23. The molecule has 9 nitrogen and oxygen atoms in total. The van der Waals surface area contributed by atoms with Gasteiger partial charge in [-0.1, -0.05) is 17.2 Å². The van der Waals surface area contributed by atoms with E-state index in [2.05, 4.69) is 15.3 Å². The molecule has 0 bridgehead atoms. The number of nitrogens with one attached hydrogen (secondary N) is 1. The Morgan fingerprint density at radius 1 is 1.45 bits per heavy atom. The average Bonchev–Trinajstić information content (AvgIpc) is 2.73. The molecule has 1 heterocycles. The maximum absolute atomic E-state index is 12.1. The molecular formula is C19H26N4O5S. The Morgan fingerprint density at radius 3 is 3.03 bits per heavy atom.